The molecule has 0 unspecified atom stereocenters. The summed E-state index contributed by atoms with van der Waals surface area (Å²) in [6.07, 6.45) is 3.82. The van der Waals surface area contributed by atoms with E-state index < -0.39 is 10.0 Å². The van der Waals surface area contributed by atoms with Gasteiger partial charge in [-0.15, -0.1) is 11.3 Å². The fraction of sp³-hybridized carbons (Fsp3) is 0.364. The SMILES string of the molecule is O=C(Cc1ccc(S(=O)(=O)N2CCCCC2)cc1)NCCc1nc2ccccc2s1. The van der Waals surface area contributed by atoms with Crippen molar-refractivity contribution < 1.29 is 13.2 Å². The molecule has 6 nitrogen and oxygen atoms in total. The van der Waals surface area contributed by atoms with Gasteiger partial charge in [-0.3, -0.25) is 4.79 Å². The van der Waals surface area contributed by atoms with Crippen LogP contribution in [0.5, 0.6) is 0 Å². The summed E-state index contributed by atoms with van der Waals surface area (Å²) in [5.41, 5.74) is 1.79. The van der Waals surface area contributed by atoms with Crippen molar-refractivity contribution in [3.63, 3.8) is 0 Å². The number of nitrogens with one attached hydrogen (secondary N) is 1. The monoisotopic (exact) mass is 443 g/mol. The van der Waals surface area contributed by atoms with E-state index in [-0.39, 0.29) is 12.3 Å². The Hall–Kier alpha value is -2.29. The van der Waals surface area contributed by atoms with E-state index in [1.165, 1.54) is 0 Å². The number of hydrogen-bond donors (Lipinski definition) is 1. The number of carbonyl (C=O) groups excluding carboxylic acids is 1. The molecule has 3 aromatic rings. The first-order chi connectivity index (χ1) is 14.5. The standard InChI is InChI=1S/C22H25N3O3S2/c26-21(23-13-12-22-24-19-6-2-3-7-20(19)29-22)16-17-8-10-18(11-9-17)30(27,28)25-14-4-1-5-15-25/h2-3,6-11H,1,4-5,12-16H2,(H,23,26). The van der Waals surface area contributed by atoms with Crippen LogP contribution >= 0.6 is 11.3 Å². The number of hydrogen-bond acceptors (Lipinski definition) is 5. The number of carbonyl (C=O) groups is 1. The van der Waals surface area contributed by atoms with Gasteiger partial charge in [0.1, 0.15) is 0 Å². The molecule has 0 spiro atoms. The van der Waals surface area contributed by atoms with Gasteiger partial charge in [0.15, 0.2) is 0 Å². The number of rotatable bonds is 7. The predicted molar refractivity (Wildman–Crippen MR) is 119 cm³/mol. The average Bonchev–Trinajstić information content (AvgIpc) is 3.17. The lowest BCUT2D eigenvalue weighted by molar-refractivity contribution is -0.120. The summed E-state index contributed by atoms with van der Waals surface area (Å²) in [6.45, 7) is 1.70. The Morgan fingerprint density at radius 1 is 1.03 bits per heavy atom. The molecule has 0 bridgehead atoms. The molecule has 1 amide bonds. The topological polar surface area (TPSA) is 79.4 Å². The van der Waals surface area contributed by atoms with Crippen molar-refractivity contribution in [2.24, 2.45) is 0 Å². The molecule has 0 atom stereocenters. The highest BCUT2D eigenvalue weighted by atomic mass is 32.2. The molecular weight excluding hydrogens is 418 g/mol. The van der Waals surface area contributed by atoms with Gasteiger partial charge >= 0.3 is 0 Å². The van der Waals surface area contributed by atoms with Gasteiger partial charge in [-0.1, -0.05) is 30.7 Å². The zero-order chi connectivity index (χ0) is 21.0. The van der Waals surface area contributed by atoms with E-state index in [0.29, 0.717) is 31.0 Å². The molecule has 1 fully saturated rings. The molecule has 2 aromatic carbocycles. The number of amides is 1. The minimum atomic E-state index is -3.44. The third kappa shape index (κ3) is 4.88. The summed E-state index contributed by atoms with van der Waals surface area (Å²) in [5.74, 6) is -0.0808. The lowest BCUT2D eigenvalue weighted by Crippen LogP contribution is -2.35. The molecule has 158 valence electrons. The molecular formula is C22H25N3O3S2. The van der Waals surface area contributed by atoms with Crippen molar-refractivity contribution in [3.05, 3.63) is 59.1 Å². The lowest BCUT2D eigenvalue weighted by Gasteiger charge is -2.25. The minimum Gasteiger partial charge on any atom is -0.355 e. The van der Waals surface area contributed by atoms with Gasteiger partial charge in [-0.25, -0.2) is 13.4 Å². The van der Waals surface area contributed by atoms with Crippen molar-refractivity contribution in [2.45, 2.75) is 37.0 Å². The Balaban J connectivity index is 1.29. The number of nitrogens with zero attached hydrogens (tertiary/aromatic N) is 2. The number of fused-ring (bicyclic) bond motifs is 1. The second-order valence-corrected chi connectivity index (χ2v) is 10.5. The Labute approximate surface area is 181 Å². The second-order valence-electron chi connectivity index (χ2n) is 7.46. The summed E-state index contributed by atoms with van der Waals surface area (Å²) >= 11 is 1.65. The van der Waals surface area contributed by atoms with Crippen molar-refractivity contribution in [1.82, 2.24) is 14.6 Å². The summed E-state index contributed by atoms with van der Waals surface area (Å²) in [6, 6.07) is 14.7. The number of benzene rings is 2. The number of sulfonamides is 1. The molecule has 0 radical (unpaired) electrons. The Morgan fingerprint density at radius 2 is 1.77 bits per heavy atom. The van der Waals surface area contributed by atoms with E-state index in [4.69, 9.17) is 0 Å². The van der Waals surface area contributed by atoms with Crippen LogP contribution in [0.1, 0.15) is 29.8 Å². The van der Waals surface area contributed by atoms with Crippen LogP contribution in [-0.2, 0) is 27.7 Å². The van der Waals surface area contributed by atoms with Crippen molar-refractivity contribution in [1.29, 1.82) is 0 Å². The van der Waals surface area contributed by atoms with Crippen LogP contribution in [-0.4, -0.2) is 43.2 Å². The molecule has 1 aliphatic heterocycles. The van der Waals surface area contributed by atoms with Crippen LogP contribution in [0, 0.1) is 0 Å². The molecule has 30 heavy (non-hydrogen) atoms. The van der Waals surface area contributed by atoms with Crippen LogP contribution in [0.4, 0.5) is 0 Å². The number of piperidine rings is 1. The number of thiazole rings is 1. The van der Waals surface area contributed by atoms with Crippen molar-refractivity contribution in [3.8, 4) is 0 Å². The van der Waals surface area contributed by atoms with Gasteiger partial charge in [0.25, 0.3) is 0 Å². The van der Waals surface area contributed by atoms with Crippen molar-refractivity contribution >= 4 is 37.5 Å². The molecule has 8 heteroatoms. The summed E-state index contributed by atoms with van der Waals surface area (Å²) in [4.78, 5) is 17.1. The Morgan fingerprint density at radius 3 is 2.50 bits per heavy atom. The maximum Gasteiger partial charge on any atom is 0.243 e. The molecule has 2 heterocycles. The van der Waals surface area contributed by atoms with E-state index in [1.807, 2.05) is 24.3 Å². The first kappa shape index (κ1) is 21.0. The highest BCUT2D eigenvalue weighted by Gasteiger charge is 2.25. The van der Waals surface area contributed by atoms with Gasteiger partial charge < -0.3 is 5.32 Å². The fourth-order valence-corrected chi connectivity index (χ4v) is 6.10. The summed E-state index contributed by atoms with van der Waals surface area (Å²) < 4.78 is 28.1. The lowest BCUT2D eigenvalue weighted by atomic mass is 10.1. The maximum absolute atomic E-state index is 12.7. The van der Waals surface area contributed by atoms with Crippen LogP contribution < -0.4 is 5.32 Å². The first-order valence-electron chi connectivity index (χ1n) is 10.2. The van der Waals surface area contributed by atoms with E-state index in [9.17, 15) is 13.2 Å². The third-order valence-corrected chi connectivity index (χ3v) is 8.25. The van der Waals surface area contributed by atoms with E-state index in [2.05, 4.69) is 10.3 Å². The van der Waals surface area contributed by atoms with Crippen molar-refractivity contribution in [2.75, 3.05) is 19.6 Å². The highest BCUT2D eigenvalue weighted by molar-refractivity contribution is 7.89. The van der Waals surface area contributed by atoms with Crippen LogP contribution in [0.15, 0.2) is 53.4 Å². The predicted octanol–water partition coefficient (Wildman–Crippen LogP) is 3.37. The number of aromatic nitrogens is 1. The molecule has 1 aliphatic rings. The molecule has 0 aliphatic carbocycles. The smallest absolute Gasteiger partial charge is 0.243 e. The average molecular weight is 444 g/mol. The van der Waals surface area contributed by atoms with E-state index in [0.717, 1.165) is 40.1 Å². The number of para-hydroxylation sites is 1. The molecule has 4 rings (SSSR count). The van der Waals surface area contributed by atoms with Gasteiger partial charge in [0.05, 0.1) is 26.5 Å². The summed E-state index contributed by atoms with van der Waals surface area (Å²) in [7, 11) is -3.44. The second kappa shape index (κ2) is 9.24. The van der Waals surface area contributed by atoms with E-state index >= 15 is 0 Å². The van der Waals surface area contributed by atoms with Crippen LogP contribution in [0.25, 0.3) is 10.2 Å². The highest BCUT2D eigenvalue weighted by Crippen LogP contribution is 2.22. The quantitative estimate of drug-likeness (QED) is 0.607. The summed E-state index contributed by atoms with van der Waals surface area (Å²) in [5, 5.41) is 3.93. The molecule has 1 N–H and O–H groups in total. The largest absolute Gasteiger partial charge is 0.355 e. The zero-order valence-corrected chi connectivity index (χ0v) is 18.3. The van der Waals surface area contributed by atoms with Crippen LogP contribution in [0.2, 0.25) is 0 Å². The normalized spacial score (nSPS) is 15.3. The van der Waals surface area contributed by atoms with Gasteiger partial charge in [0.2, 0.25) is 15.9 Å². The third-order valence-electron chi connectivity index (χ3n) is 5.24. The Kier molecular flexibility index (Phi) is 6.46. The molecule has 0 saturated carbocycles. The Bertz CT molecular complexity index is 1080. The molecule has 1 saturated heterocycles. The van der Waals surface area contributed by atoms with Gasteiger partial charge in [-0.05, 0) is 42.7 Å². The fourth-order valence-electron chi connectivity index (χ4n) is 3.62. The maximum atomic E-state index is 12.7. The minimum absolute atomic E-state index is 0.0808. The van der Waals surface area contributed by atoms with Gasteiger partial charge in [0, 0.05) is 26.1 Å². The zero-order valence-electron chi connectivity index (χ0n) is 16.7. The van der Waals surface area contributed by atoms with E-state index in [1.54, 1.807) is 39.9 Å². The van der Waals surface area contributed by atoms with Crippen LogP contribution in [0.3, 0.4) is 0 Å². The van der Waals surface area contributed by atoms with Gasteiger partial charge in [-0.2, -0.15) is 4.31 Å². The molecule has 1 aromatic heterocycles. The first-order valence-corrected chi connectivity index (χ1v) is 12.5.